The highest BCUT2D eigenvalue weighted by Crippen LogP contribution is 2.29. The molecule has 0 radical (unpaired) electrons. The van der Waals surface area contributed by atoms with Gasteiger partial charge in [0.05, 0.1) is 7.11 Å². The lowest BCUT2D eigenvalue weighted by molar-refractivity contribution is 0.102. The summed E-state index contributed by atoms with van der Waals surface area (Å²) in [5, 5.41) is 2.94. The first-order valence-electron chi connectivity index (χ1n) is 9.18. The third kappa shape index (κ3) is 4.91. The van der Waals surface area contributed by atoms with Crippen molar-refractivity contribution in [2.75, 3.05) is 12.4 Å². The number of ether oxygens (including phenoxy) is 1. The van der Waals surface area contributed by atoms with Gasteiger partial charge in [0.1, 0.15) is 10.6 Å². The van der Waals surface area contributed by atoms with Crippen molar-refractivity contribution in [2.24, 2.45) is 0 Å². The summed E-state index contributed by atoms with van der Waals surface area (Å²) in [6.07, 6.45) is 0. The minimum atomic E-state index is -3.82. The first kappa shape index (κ1) is 21.9. The minimum absolute atomic E-state index is 0.0646. The lowest BCUT2D eigenvalue weighted by Gasteiger charge is -2.17. The molecule has 0 heterocycles. The zero-order chi connectivity index (χ0) is 21.1. The van der Waals surface area contributed by atoms with Crippen molar-refractivity contribution in [3.8, 4) is 5.75 Å². The van der Waals surface area contributed by atoms with E-state index in [2.05, 4.69) is 23.9 Å². The van der Waals surface area contributed by atoms with Crippen LogP contribution in [0.5, 0.6) is 5.75 Å². The number of aryl methyl sites for hydroxylation is 1. The zero-order valence-electron chi connectivity index (χ0n) is 17.2. The molecular formula is C21H28N2O4S. The van der Waals surface area contributed by atoms with Crippen LogP contribution in [-0.4, -0.2) is 27.5 Å². The average Bonchev–Trinajstić information content (AvgIpc) is 2.61. The molecule has 2 rings (SSSR count). The van der Waals surface area contributed by atoms with E-state index in [0.717, 1.165) is 16.8 Å². The number of hydrogen-bond donors (Lipinski definition) is 2. The van der Waals surface area contributed by atoms with Gasteiger partial charge in [-0.15, -0.1) is 0 Å². The lowest BCUT2D eigenvalue weighted by Crippen LogP contribution is -2.30. The summed E-state index contributed by atoms with van der Waals surface area (Å²) in [6.45, 7) is 9.50. The molecule has 0 unspecified atom stereocenters. The molecular weight excluding hydrogens is 376 g/mol. The number of nitrogens with one attached hydrogen (secondary N) is 2. The van der Waals surface area contributed by atoms with E-state index in [1.807, 2.05) is 25.1 Å². The van der Waals surface area contributed by atoms with Crippen LogP contribution in [0.25, 0.3) is 0 Å². The van der Waals surface area contributed by atoms with E-state index in [9.17, 15) is 13.2 Å². The van der Waals surface area contributed by atoms with Gasteiger partial charge in [0.2, 0.25) is 10.0 Å². The van der Waals surface area contributed by atoms with E-state index in [4.69, 9.17) is 4.74 Å². The highest BCUT2D eigenvalue weighted by molar-refractivity contribution is 7.89. The summed E-state index contributed by atoms with van der Waals surface area (Å²) < 4.78 is 33.0. The molecule has 1 amide bonds. The van der Waals surface area contributed by atoms with Crippen LogP contribution in [0.2, 0.25) is 0 Å². The first-order valence-corrected chi connectivity index (χ1v) is 10.7. The number of para-hydroxylation sites is 1. The smallest absolute Gasteiger partial charge is 0.255 e. The van der Waals surface area contributed by atoms with Crippen LogP contribution in [-0.2, 0) is 10.0 Å². The van der Waals surface area contributed by atoms with Crippen LogP contribution < -0.4 is 14.8 Å². The van der Waals surface area contributed by atoms with Crippen molar-refractivity contribution in [3.05, 3.63) is 53.1 Å². The molecule has 0 aliphatic carbocycles. The average molecular weight is 405 g/mol. The summed E-state index contributed by atoms with van der Waals surface area (Å²) in [5.41, 5.74) is 2.96. The topological polar surface area (TPSA) is 84.5 Å². The Morgan fingerprint density at radius 2 is 1.75 bits per heavy atom. The summed E-state index contributed by atoms with van der Waals surface area (Å²) in [4.78, 5) is 12.8. The normalized spacial score (nSPS) is 11.7. The van der Waals surface area contributed by atoms with Gasteiger partial charge in [0.25, 0.3) is 5.91 Å². The maximum Gasteiger partial charge on any atom is 0.255 e. The van der Waals surface area contributed by atoms with Crippen molar-refractivity contribution in [1.82, 2.24) is 4.72 Å². The lowest BCUT2D eigenvalue weighted by atomic mass is 9.98. The van der Waals surface area contributed by atoms with Crippen molar-refractivity contribution in [1.29, 1.82) is 0 Å². The molecule has 7 heteroatoms. The van der Waals surface area contributed by atoms with Crippen LogP contribution in [0.1, 0.15) is 55.1 Å². The Balaban J connectivity index is 2.45. The fourth-order valence-electron chi connectivity index (χ4n) is 2.93. The van der Waals surface area contributed by atoms with Crippen LogP contribution >= 0.6 is 0 Å². The first-order chi connectivity index (χ1) is 13.1. The number of methoxy groups -OCH3 is 1. The summed E-state index contributed by atoms with van der Waals surface area (Å²) in [7, 11) is -2.42. The minimum Gasteiger partial charge on any atom is -0.495 e. The molecule has 0 fully saturated rings. The molecule has 2 N–H and O–H groups in total. The Morgan fingerprint density at radius 1 is 1.07 bits per heavy atom. The van der Waals surface area contributed by atoms with Crippen LogP contribution in [0.15, 0.2) is 41.3 Å². The van der Waals surface area contributed by atoms with Crippen molar-refractivity contribution in [2.45, 2.75) is 51.5 Å². The van der Waals surface area contributed by atoms with Gasteiger partial charge in [0.15, 0.2) is 0 Å². The Bertz CT molecular complexity index is 966. The van der Waals surface area contributed by atoms with E-state index in [1.165, 1.54) is 19.2 Å². The molecule has 0 aliphatic heterocycles. The molecule has 0 spiro atoms. The maximum atomic E-state index is 12.9. The molecule has 2 aromatic rings. The van der Waals surface area contributed by atoms with Crippen LogP contribution in [0.3, 0.4) is 0 Å². The maximum absolute atomic E-state index is 12.9. The molecule has 2 aromatic carbocycles. The molecule has 28 heavy (non-hydrogen) atoms. The predicted octanol–water partition coefficient (Wildman–Crippen LogP) is 4.07. The largest absolute Gasteiger partial charge is 0.495 e. The van der Waals surface area contributed by atoms with E-state index < -0.39 is 10.0 Å². The monoisotopic (exact) mass is 404 g/mol. The fraction of sp³-hybridized carbons (Fsp3) is 0.381. The number of carbonyl (C=O) groups excluding carboxylic acids is 1. The number of rotatable bonds is 7. The Hall–Kier alpha value is -2.38. The SMILES string of the molecule is COc1ccc(C(=O)Nc2c(C)cccc2C(C)C)cc1S(=O)(=O)NC(C)C. The highest BCUT2D eigenvalue weighted by Gasteiger charge is 2.23. The van der Waals surface area contributed by atoms with E-state index in [0.29, 0.717) is 0 Å². The number of carbonyl (C=O) groups is 1. The van der Waals surface area contributed by atoms with Gasteiger partial charge < -0.3 is 10.1 Å². The molecule has 0 aliphatic rings. The highest BCUT2D eigenvalue weighted by atomic mass is 32.2. The van der Waals surface area contributed by atoms with Crippen LogP contribution in [0.4, 0.5) is 5.69 Å². The van der Waals surface area contributed by atoms with E-state index in [-0.39, 0.29) is 34.1 Å². The van der Waals surface area contributed by atoms with Crippen molar-refractivity contribution in [3.63, 3.8) is 0 Å². The zero-order valence-corrected chi connectivity index (χ0v) is 18.0. The van der Waals surface area contributed by atoms with Gasteiger partial charge in [0, 0.05) is 17.3 Å². The van der Waals surface area contributed by atoms with Gasteiger partial charge in [-0.25, -0.2) is 13.1 Å². The molecule has 6 nitrogen and oxygen atoms in total. The molecule has 0 saturated carbocycles. The van der Waals surface area contributed by atoms with Gasteiger partial charge in [-0.05, 0) is 56.0 Å². The third-order valence-electron chi connectivity index (χ3n) is 4.27. The molecule has 0 bridgehead atoms. The number of sulfonamides is 1. The molecule has 0 atom stereocenters. The van der Waals surface area contributed by atoms with Gasteiger partial charge in [-0.3, -0.25) is 4.79 Å². The Labute approximate surface area is 167 Å². The standard InChI is InChI=1S/C21H28N2O4S/c1-13(2)17-9-7-8-15(5)20(17)22-21(24)16-10-11-18(27-6)19(12-16)28(25,26)23-14(3)4/h7-14,23H,1-6H3,(H,22,24). The summed E-state index contributed by atoms with van der Waals surface area (Å²) in [6, 6.07) is 9.96. The van der Waals surface area contributed by atoms with Crippen LogP contribution in [0, 0.1) is 6.92 Å². The molecule has 152 valence electrons. The van der Waals surface area contributed by atoms with Gasteiger partial charge >= 0.3 is 0 Å². The van der Waals surface area contributed by atoms with E-state index in [1.54, 1.807) is 19.9 Å². The summed E-state index contributed by atoms with van der Waals surface area (Å²) in [5.74, 6) is 0.0422. The number of hydrogen-bond acceptors (Lipinski definition) is 4. The number of benzene rings is 2. The second-order valence-electron chi connectivity index (χ2n) is 7.29. The Kier molecular flexibility index (Phi) is 6.85. The van der Waals surface area contributed by atoms with Crippen molar-refractivity contribution < 1.29 is 17.9 Å². The van der Waals surface area contributed by atoms with E-state index >= 15 is 0 Å². The predicted molar refractivity (Wildman–Crippen MR) is 112 cm³/mol. The van der Waals surface area contributed by atoms with Gasteiger partial charge in [-0.1, -0.05) is 32.0 Å². The van der Waals surface area contributed by atoms with Crippen molar-refractivity contribution >= 4 is 21.6 Å². The number of amides is 1. The fourth-order valence-corrected chi connectivity index (χ4v) is 4.38. The number of anilines is 1. The molecule has 0 aromatic heterocycles. The second-order valence-corrected chi connectivity index (χ2v) is 8.97. The molecule has 0 saturated heterocycles. The third-order valence-corrected chi connectivity index (χ3v) is 5.95. The van der Waals surface area contributed by atoms with Gasteiger partial charge in [-0.2, -0.15) is 0 Å². The quantitative estimate of drug-likeness (QED) is 0.729. The second kappa shape index (κ2) is 8.75. The summed E-state index contributed by atoms with van der Waals surface area (Å²) >= 11 is 0. The Morgan fingerprint density at radius 3 is 2.32 bits per heavy atom.